The quantitative estimate of drug-likeness (QED) is 0.165. The normalized spacial score (nSPS) is 11.3. The lowest BCUT2D eigenvalue weighted by Gasteiger charge is -2.10. The zero-order valence-electron chi connectivity index (χ0n) is 29.7. The lowest BCUT2D eigenvalue weighted by molar-refractivity contribution is 0.669. The van der Waals surface area contributed by atoms with E-state index in [-0.39, 0.29) is 0 Å². The molecule has 0 spiro atoms. The van der Waals surface area contributed by atoms with Crippen LogP contribution >= 0.6 is 0 Å². The Kier molecular flexibility index (Phi) is 8.08. The summed E-state index contributed by atoms with van der Waals surface area (Å²) in [5, 5.41) is 2.06. The van der Waals surface area contributed by atoms with E-state index in [0.29, 0.717) is 11.6 Å². The van der Waals surface area contributed by atoms with Gasteiger partial charge in [-0.3, -0.25) is 0 Å². The van der Waals surface area contributed by atoms with Gasteiger partial charge in [-0.25, -0.2) is 19.9 Å². The van der Waals surface area contributed by atoms with Crippen LogP contribution in [0.4, 0.5) is 0 Å². The molecule has 5 heteroatoms. The minimum absolute atomic E-state index is 0.620. The van der Waals surface area contributed by atoms with Crippen LogP contribution in [0, 0.1) is 0 Å². The van der Waals surface area contributed by atoms with Crippen molar-refractivity contribution in [2.75, 3.05) is 0 Å². The highest BCUT2D eigenvalue weighted by Gasteiger charge is 2.18. The topological polar surface area (TPSA) is 64.7 Å². The SMILES string of the molecule is c1ccc(-c2cc(-c3ccccc3)nc(-c3ccc(-c4ccc5c(c4)oc4c(-c6nc(-c7ccccc7)cc(-c7ccccc7)n6)cccc45)cc3)n2)cc1. The molecule has 10 rings (SSSR count). The molecule has 0 N–H and O–H groups in total. The Morgan fingerprint density at radius 1 is 0.291 bits per heavy atom. The Balaban J connectivity index is 1.03. The zero-order valence-corrected chi connectivity index (χ0v) is 29.7. The molecule has 3 aromatic heterocycles. The number of rotatable bonds is 7. The van der Waals surface area contributed by atoms with Crippen LogP contribution in [0.3, 0.4) is 0 Å². The highest BCUT2D eigenvalue weighted by atomic mass is 16.3. The van der Waals surface area contributed by atoms with E-state index in [4.69, 9.17) is 24.4 Å². The third-order valence-electron chi connectivity index (χ3n) is 9.95. The van der Waals surface area contributed by atoms with Crippen LogP contribution < -0.4 is 0 Å². The van der Waals surface area contributed by atoms with Crippen LogP contribution in [0.1, 0.15) is 0 Å². The predicted octanol–water partition coefficient (Wildman–Crippen LogP) is 12.8. The Morgan fingerprint density at radius 3 is 1.22 bits per heavy atom. The van der Waals surface area contributed by atoms with Crippen molar-refractivity contribution in [1.82, 2.24) is 19.9 Å². The Bertz CT molecular complexity index is 2830. The predicted molar refractivity (Wildman–Crippen MR) is 223 cm³/mol. The molecular formula is C50H32N4O. The smallest absolute Gasteiger partial charge is 0.164 e. The van der Waals surface area contributed by atoms with Crippen LogP contribution in [-0.4, -0.2) is 19.9 Å². The number of nitrogens with zero attached hydrogens (tertiary/aromatic N) is 4. The molecule has 55 heavy (non-hydrogen) atoms. The Morgan fingerprint density at radius 2 is 0.727 bits per heavy atom. The number of para-hydroxylation sites is 1. The molecule has 0 aliphatic heterocycles. The fraction of sp³-hybridized carbons (Fsp3) is 0. The van der Waals surface area contributed by atoms with Gasteiger partial charge >= 0.3 is 0 Å². The van der Waals surface area contributed by atoms with Gasteiger partial charge in [-0.2, -0.15) is 0 Å². The molecule has 258 valence electrons. The van der Waals surface area contributed by atoms with E-state index >= 15 is 0 Å². The third-order valence-corrected chi connectivity index (χ3v) is 9.95. The molecule has 3 heterocycles. The van der Waals surface area contributed by atoms with E-state index < -0.39 is 0 Å². The van der Waals surface area contributed by atoms with Crippen molar-refractivity contribution in [2.45, 2.75) is 0 Å². The zero-order chi connectivity index (χ0) is 36.6. The molecule has 0 amide bonds. The number of hydrogen-bond donors (Lipinski definition) is 0. The van der Waals surface area contributed by atoms with Gasteiger partial charge in [0.25, 0.3) is 0 Å². The van der Waals surface area contributed by atoms with E-state index in [1.54, 1.807) is 0 Å². The van der Waals surface area contributed by atoms with Crippen molar-refractivity contribution in [3.8, 4) is 78.9 Å². The van der Waals surface area contributed by atoms with Gasteiger partial charge in [-0.15, -0.1) is 0 Å². The summed E-state index contributed by atoms with van der Waals surface area (Å²) in [4.78, 5) is 20.2. The van der Waals surface area contributed by atoms with Crippen LogP contribution in [0.25, 0.3) is 101 Å². The van der Waals surface area contributed by atoms with Crippen LogP contribution in [-0.2, 0) is 0 Å². The second-order valence-corrected chi connectivity index (χ2v) is 13.5. The van der Waals surface area contributed by atoms with E-state index in [9.17, 15) is 0 Å². The highest BCUT2D eigenvalue weighted by molar-refractivity contribution is 6.10. The third kappa shape index (κ3) is 6.24. The lowest BCUT2D eigenvalue weighted by atomic mass is 10.0. The largest absolute Gasteiger partial charge is 0.455 e. The molecule has 0 aliphatic carbocycles. The summed E-state index contributed by atoms with van der Waals surface area (Å²) in [5.41, 5.74) is 13.1. The molecule has 0 aliphatic rings. The second-order valence-electron chi connectivity index (χ2n) is 13.5. The first kappa shape index (κ1) is 32.2. The van der Waals surface area contributed by atoms with Gasteiger partial charge in [-0.1, -0.05) is 164 Å². The summed E-state index contributed by atoms with van der Waals surface area (Å²) in [7, 11) is 0. The Hall–Kier alpha value is -7.50. The molecule has 0 saturated carbocycles. The van der Waals surface area contributed by atoms with Gasteiger partial charge in [-0.05, 0) is 41.5 Å². The van der Waals surface area contributed by atoms with Crippen molar-refractivity contribution in [2.24, 2.45) is 0 Å². The van der Waals surface area contributed by atoms with Gasteiger partial charge in [0.2, 0.25) is 0 Å². The van der Waals surface area contributed by atoms with Crippen LogP contribution in [0.5, 0.6) is 0 Å². The van der Waals surface area contributed by atoms with E-state index in [1.165, 1.54) is 0 Å². The minimum Gasteiger partial charge on any atom is -0.455 e. The van der Waals surface area contributed by atoms with Crippen molar-refractivity contribution < 1.29 is 4.42 Å². The van der Waals surface area contributed by atoms with Crippen LogP contribution in [0.2, 0.25) is 0 Å². The van der Waals surface area contributed by atoms with Crippen molar-refractivity contribution >= 4 is 21.9 Å². The van der Waals surface area contributed by atoms with E-state index in [1.807, 2.05) is 78.9 Å². The standard InChI is InChI=1S/C50H32N4O/c1-5-14-34(15-6-1)43-31-44(35-16-7-2-8-17-35)52-49(51-43)38-26-24-33(25-27-38)39-28-29-40-41-22-13-23-42(48(41)55-47(40)30-39)50-53-45(36-18-9-3-10-19-36)32-46(54-50)37-20-11-4-12-21-37/h1-32H. The molecule has 0 atom stereocenters. The molecule has 0 radical (unpaired) electrons. The molecule has 0 fully saturated rings. The van der Waals surface area contributed by atoms with Gasteiger partial charge in [0.05, 0.1) is 28.3 Å². The second kappa shape index (κ2) is 13.8. The van der Waals surface area contributed by atoms with Crippen molar-refractivity contribution in [3.05, 3.63) is 194 Å². The van der Waals surface area contributed by atoms with E-state index in [2.05, 4.69) is 115 Å². The summed E-state index contributed by atoms with van der Waals surface area (Å²) in [6.07, 6.45) is 0. The number of benzene rings is 7. The monoisotopic (exact) mass is 704 g/mol. The summed E-state index contributed by atoms with van der Waals surface area (Å²) < 4.78 is 6.69. The minimum atomic E-state index is 0.620. The first-order chi connectivity index (χ1) is 27.2. The summed E-state index contributed by atoms with van der Waals surface area (Å²) in [6.45, 7) is 0. The average molecular weight is 705 g/mol. The fourth-order valence-electron chi connectivity index (χ4n) is 7.14. The lowest BCUT2D eigenvalue weighted by Crippen LogP contribution is -1.96. The maximum absolute atomic E-state index is 6.69. The summed E-state index contributed by atoms with van der Waals surface area (Å²) in [6, 6.07) is 66.1. The van der Waals surface area contributed by atoms with Gasteiger partial charge < -0.3 is 4.42 Å². The van der Waals surface area contributed by atoms with E-state index in [0.717, 1.165) is 89.2 Å². The molecule has 0 unspecified atom stereocenters. The van der Waals surface area contributed by atoms with Gasteiger partial charge in [0.15, 0.2) is 11.6 Å². The average Bonchev–Trinajstić information content (AvgIpc) is 3.66. The fourth-order valence-corrected chi connectivity index (χ4v) is 7.14. The number of fused-ring (bicyclic) bond motifs is 3. The first-order valence-corrected chi connectivity index (χ1v) is 18.3. The summed E-state index contributed by atoms with van der Waals surface area (Å²) in [5.74, 6) is 1.30. The maximum Gasteiger partial charge on any atom is 0.164 e. The molecular weight excluding hydrogens is 673 g/mol. The summed E-state index contributed by atoms with van der Waals surface area (Å²) >= 11 is 0. The Labute approximate surface area is 318 Å². The molecule has 0 saturated heterocycles. The molecule has 10 aromatic rings. The number of hydrogen-bond acceptors (Lipinski definition) is 5. The van der Waals surface area contributed by atoms with Gasteiger partial charge in [0.1, 0.15) is 11.2 Å². The molecule has 7 aromatic carbocycles. The maximum atomic E-state index is 6.69. The van der Waals surface area contributed by atoms with Crippen molar-refractivity contribution in [3.63, 3.8) is 0 Å². The number of furan rings is 1. The molecule has 0 bridgehead atoms. The van der Waals surface area contributed by atoms with Gasteiger partial charge in [0, 0.05) is 38.6 Å². The van der Waals surface area contributed by atoms with Crippen LogP contribution in [0.15, 0.2) is 199 Å². The highest BCUT2D eigenvalue weighted by Crippen LogP contribution is 2.38. The van der Waals surface area contributed by atoms with Crippen molar-refractivity contribution in [1.29, 1.82) is 0 Å². The number of aromatic nitrogens is 4. The molecule has 5 nitrogen and oxygen atoms in total. The first-order valence-electron chi connectivity index (χ1n) is 18.3.